The molecule has 4 rings (SSSR count). The first-order valence-corrected chi connectivity index (χ1v) is 10.2. The maximum Gasteiger partial charge on any atom is 0.346 e. The van der Waals surface area contributed by atoms with E-state index < -0.39 is 0 Å². The van der Waals surface area contributed by atoms with Crippen molar-refractivity contribution in [3.63, 3.8) is 0 Å². The Hall–Kier alpha value is -2.90. The van der Waals surface area contributed by atoms with Crippen molar-refractivity contribution >= 4 is 17.5 Å². The molecule has 2 aromatic carbocycles. The summed E-state index contributed by atoms with van der Waals surface area (Å²) >= 11 is 5.98. The van der Waals surface area contributed by atoms with Crippen molar-refractivity contribution < 1.29 is 9.53 Å². The summed E-state index contributed by atoms with van der Waals surface area (Å²) in [7, 11) is 1.57. The molecular weight excluding hydrogens is 404 g/mol. The van der Waals surface area contributed by atoms with Crippen LogP contribution in [-0.2, 0) is 35.5 Å². The van der Waals surface area contributed by atoms with Gasteiger partial charge in [0, 0.05) is 23.7 Å². The van der Waals surface area contributed by atoms with Gasteiger partial charge in [0.15, 0.2) is 5.82 Å². The zero-order chi connectivity index (χ0) is 21.1. The molecule has 3 aromatic rings. The highest BCUT2D eigenvalue weighted by molar-refractivity contribution is 6.30. The highest BCUT2D eigenvalue weighted by Gasteiger charge is 2.23. The monoisotopic (exact) mass is 426 g/mol. The van der Waals surface area contributed by atoms with E-state index in [0.717, 1.165) is 18.4 Å². The van der Waals surface area contributed by atoms with Crippen LogP contribution in [-0.4, -0.2) is 40.0 Å². The predicted molar refractivity (Wildman–Crippen MR) is 115 cm³/mol. The zero-order valence-electron chi connectivity index (χ0n) is 16.7. The van der Waals surface area contributed by atoms with Crippen LogP contribution in [0.1, 0.15) is 11.1 Å². The molecule has 0 saturated heterocycles. The topological polar surface area (TPSA) is 78.2 Å². The molecular formula is C22H23ClN4O3. The molecule has 1 aliphatic rings. The van der Waals surface area contributed by atoms with E-state index in [4.69, 9.17) is 16.3 Å². The molecule has 1 aromatic heterocycles. The first kappa shape index (κ1) is 20.4. The lowest BCUT2D eigenvalue weighted by Crippen LogP contribution is -2.40. The second-order valence-electron chi connectivity index (χ2n) is 7.36. The van der Waals surface area contributed by atoms with Crippen molar-refractivity contribution in [3.8, 4) is 11.4 Å². The van der Waals surface area contributed by atoms with Gasteiger partial charge in [-0.05, 0) is 48.2 Å². The summed E-state index contributed by atoms with van der Waals surface area (Å²) in [6.45, 7) is 0.567. The summed E-state index contributed by atoms with van der Waals surface area (Å²) in [6.07, 6.45) is 1.60. The Morgan fingerprint density at radius 3 is 2.47 bits per heavy atom. The molecule has 0 bridgehead atoms. The molecule has 0 saturated carbocycles. The number of carbonyl (C=O) groups is 1. The SMILES string of the molecule is COCCn1c(-c2ccc(Cl)cc2)nn(CC(=O)NC2Cc3ccccc3C2)c1=O. The normalized spacial score (nSPS) is 13.4. The average Bonchev–Trinajstić information content (AvgIpc) is 3.27. The molecule has 0 aliphatic heterocycles. The number of rotatable bonds is 7. The highest BCUT2D eigenvalue weighted by atomic mass is 35.5. The molecule has 1 amide bonds. The van der Waals surface area contributed by atoms with Crippen LogP contribution >= 0.6 is 11.6 Å². The number of aromatic nitrogens is 3. The molecule has 0 atom stereocenters. The van der Waals surface area contributed by atoms with E-state index >= 15 is 0 Å². The van der Waals surface area contributed by atoms with Crippen LogP contribution in [0.5, 0.6) is 0 Å². The van der Waals surface area contributed by atoms with Crippen molar-refractivity contribution in [3.05, 3.63) is 75.2 Å². The number of methoxy groups -OCH3 is 1. The van der Waals surface area contributed by atoms with E-state index in [0.29, 0.717) is 24.0 Å². The van der Waals surface area contributed by atoms with Crippen molar-refractivity contribution in [2.75, 3.05) is 13.7 Å². The van der Waals surface area contributed by atoms with Gasteiger partial charge < -0.3 is 10.1 Å². The number of fused-ring (bicyclic) bond motifs is 1. The van der Waals surface area contributed by atoms with Crippen LogP contribution in [0.3, 0.4) is 0 Å². The third-order valence-electron chi connectivity index (χ3n) is 5.25. The van der Waals surface area contributed by atoms with Gasteiger partial charge in [-0.2, -0.15) is 0 Å². The number of nitrogens with one attached hydrogen (secondary N) is 1. The van der Waals surface area contributed by atoms with E-state index in [9.17, 15) is 9.59 Å². The predicted octanol–water partition coefficient (Wildman–Crippen LogP) is 2.30. The maximum absolute atomic E-state index is 12.9. The number of benzene rings is 2. The highest BCUT2D eigenvalue weighted by Crippen LogP contribution is 2.22. The Kier molecular flexibility index (Phi) is 6.01. The number of halogens is 1. The van der Waals surface area contributed by atoms with Crippen molar-refractivity contribution in [1.29, 1.82) is 0 Å². The summed E-state index contributed by atoms with van der Waals surface area (Å²) < 4.78 is 7.85. The van der Waals surface area contributed by atoms with Crippen LogP contribution in [0, 0.1) is 0 Å². The van der Waals surface area contributed by atoms with Gasteiger partial charge in [-0.3, -0.25) is 9.36 Å². The molecule has 8 heteroatoms. The van der Waals surface area contributed by atoms with E-state index in [2.05, 4.69) is 22.5 Å². The Balaban J connectivity index is 1.51. The van der Waals surface area contributed by atoms with Gasteiger partial charge in [-0.25, -0.2) is 9.48 Å². The first-order chi connectivity index (χ1) is 14.5. The third kappa shape index (κ3) is 4.32. The van der Waals surface area contributed by atoms with Crippen LogP contribution in [0.2, 0.25) is 5.02 Å². The van der Waals surface area contributed by atoms with Crippen LogP contribution < -0.4 is 11.0 Å². The van der Waals surface area contributed by atoms with Crippen molar-refractivity contribution in [2.45, 2.75) is 32.0 Å². The van der Waals surface area contributed by atoms with E-state index in [1.54, 1.807) is 31.4 Å². The lowest BCUT2D eigenvalue weighted by Gasteiger charge is -2.11. The first-order valence-electron chi connectivity index (χ1n) is 9.84. The van der Waals surface area contributed by atoms with Gasteiger partial charge in [-0.1, -0.05) is 35.9 Å². The molecule has 0 spiro atoms. The Bertz CT molecular complexity index is 1080. The molecule has 7 nitrogen and oxygen atoms in total. The number of hydrogen-bond donors (Lipinski definition) is 1. The number of nitrogens with zero attached hydrogens (tertiary/aromatic N) is 3. The van der Waals surface area contributed by atoms with Gasteiger partial charge in [0.25, 0.3) is 0 Å². The van der Waals surface area contributed by atoms with Crippen LogP contribution in [0.25, 0.3) is 11.4 Å². The van der Waals surface area contributed by atoms with Gasteiger partial charge in [-0.15, -0.1) is 5.10 Å². The summed E-state index contributed by atoms with van der Waals surface area (Å²) in [6, 6.07) is 15.3. The lowest BCUT2D eigenvalue weighted by atomic mass is 10.1. The Morgan fingerprint density at radius 2 is 1.83 bits per heavy atom. The summed E-state index contributed by atoms with van der Waals surface area (Å²) in [5, 5.41) is 8.05. The molecule has 1 heterocycles. The van der Waals surface area contributed by atoms with Crippen molar-refractivity contribution in [2.24, 2.45) is 0 Å². The average molecular weight is 427 g/mol. The summed E-state index contributed by atoms with van der Waals surface area (Å²) in [5.41, 5.74) is 2.92. The van der Waals surface area contributed by atoms with E-state index in [-0.39, 0.29) is 24.2 Å². The number of ether oxygens (including phenoxy) is 1. The molecule has 0 fully saturated rings. The minimum absolute atomic E-state index is 0.0388. The smallest absolute Gasteiger partial charge is 0.346 e. The second-order valence-corrected chi connectivity index (χ2v) is 7.79. The van der Waals surface area contributed by atoms with Crippen LogP contribution in [0.15, 0.2) is 53.3 Å². The minimum Gasteiger partial charge on any atom is -0.383 e. The second kappa shape index (κ2) is 8.85. The molecule has 1 N–H and O–H groups in total. The molecule has 156 valence electrons. The lowest BCUT2D eigenvalue weighted by molar-refractivity contribution is -0.122. The Morgan fingerprint density at radius 1 is 1.17 bits per heavy atom. The Labute approximate surface area is 179 Å². The minimum atomic E-state index is -0.346. The van der Waals surface area contributed by atoms with Gasteiger partial charge >= 0.3 is 5.69 Å². The van der Waals surface area contributed by atoms with E-state index in [1.807, 2.05) is 12.1 Å². The zero-order valence-corrected chi connectivity index (χ0v) is 17.4. The fourth-order valence-corrected chi connectivity index (χ4v) is 3.94. The molecule has 0 radical (unpaired) electrons. The largest absolute Gasteiger partial charge is 0.383 e. The number of carbonyl (C=O) groups excluding carboxylic acids is 1. The summed E-state index contributed by atoms with van der Waals surface area (Å²) in [4.78, 5) is 25.5. The standard InChI is InChI=1S/C22H23ClN4O3/c1-30-11-10-26-21(15-6-8-18(23)9-7-15)25-27(22(26)29)14-20(28)24-19-12-16-4-2-3-5-17(16)13-19/h2-9,19H,10-14H2,1H3,(H,24,28). The fourth-order valence-electron chi connectivity index (χ4n) is 3.81. The van der Waals surface area contributed by atoms with Gasteiger partial charge in [0.1, 0.15) is 6.54 Å². The number of hydrogen-bond acceptors (Lipinski definition) is 4. The molecule has 1 aliphatic carbocycles. The van der Waals surface area contributed by atoms with E-state index in [1.165, 1.54) is 20.4 Å². The van der Waals surface area contributed by atoms with Crippen molar-refractivity contribution in [1.82, 2.24) is 19.7 Å². The summed E-state index contributed by atoms with van der Waals surface area (Å²) in [5.74, 6) is 0.253. The quantitative estimate of drug-likeness (QED) is 0.628. The maximum atomic E-state index is 12.9. The van der Waals surface area contributed by atoms with Gasteiger partial charge in [0.2, 0.25) is 5.91 Å². The molecule has 0 unspecified atom stereocenters. The number of amides is 1. The fraction of sp³-hybridized carbons (Fsp3) is 0.318. The van der Waals surface area contributed by atoms with Gasteiger partial charge in [0.05, 0.1) is 13.2 Å². The molecule has 30 heavy (non-hydrogen) atoms. The van der Waals surface area contributed by atoms with Crippen LogP contribution in [0.4, 0.5) is 0 Å². The third-order valence-corrected chi connectivity index (χ3v) is 5.51.